The first-order valence-corrected chi connectivity index (χ1v) is 13.4. The van der Waals surface area contributed by atoms with E-state index in [1.165, 1.54) is 24.8 Å². The van der Waals surface area contributed by atoms with Crippen molar-refractivity contribution in [2.24, 2.45) is 0 Å². The fourth-order valence-corrected chi connectivity index (χ4v) is 6.13. The van der Waals surface area contributed by atoms with Crippen molar-refractivity contribution in [2.75, 3.05) is 29.5 Å². The standard InChI is InChI=1S/C23H28N4O2S2/c1-19-11-13-20(14-12-19)27-22(26-15-6-3-7-16-26)24-25-23(27)30-17-8-18-31(28,29)21-9-4-2-5-10-21/h2,4-5,9-14H,3,6-8,15-18H2,1H3. The van der Waals surface area contributed by atoms with Crippen LogP contribution in [0.5, 0.6) is 0 Å². The number of aromatic nitrogens is 3. The van der Waals surface area contributed by atoms with Gasteiger partial charge >= 0.3 is 0 Å². The highest BCUT2D eigenvalue weighted by molar-refractivity contribution is 7.99. The lowest BCUT2D eigenvalue weighted by Crippen LogP contribution is -2.31. The fourth-order valence-electron chi connectivity index (χ4n) is 3.73. The van der Waals surface area contributed by atoms with E-state index in [2.05, 4.69) is 50.9 Å². The van der Waals surface area contributed by atoms with Crippen LogP contribution < -0.4 is 4.90 Å². The first-order chi connectivity index (χ1) is 15.0. The van der Waals surface area contributed by atoms with Gasteiger partial charge in [-0.2, -0.15) is 0 Å². The molecule has 1 aromatic heterocycles. The molecule has 8 heteroatoms. The molecule has 0 aliphatic carbocycles. The summed E-state index contributed by atoms with van der Waals surface area (Å²) in [6.45, 7) is 4.05. The molecular formula is C23H28N4O2S2. The number of piperidine rings is 1. The molecule has 3 aromatic rings. The Hall–Kier alpha value is -2.32. The van der Waals surface area contributed by atoms with Crippen molar-refractivity contribution in [3.8, 4) is 5.69 Å². The van der Waals surface area contributed by atoms with E-state index in [0.717, 1.165) is 29.9 Å². The van der Waals surface area contributed by atoms with Crippen molar-refractivity contribution in [3.63, 3.8) is 0 Å². The van der Waals surface area contributed by atoms with Gasteiger partial charge in [0.1, 0.15) is 0 Å². The molecule has 1 aliphatic heterocycles. The average molecular weight is 457 g/mol. The predicted octanol–water partition coefficient (Wildman–Crippen LogP) is 4.52. The van der Waals surface area contributed by atoms with Gasteiger partial charge in [-0.25, -0.2) is 8.42 Å². The molecule has 0 unspecified atom stereocenters. The topological polar surface area (TPSA) is 68.1 Å². The number of anilines is 1. The van der Waals surface area contributed by atoms with Crippen molar-refractivity contribution in [2.45, 2.75) is 42.7 Å². The van der Waals surface area contributed by atoms with E-state index in [1.807, 2.05) is 6.07 Å². The zero-order valence-corrected chi connectivity index (χ0v) is 19.4. The molecule has 0 atom stereocenters. The SMILES string of the molecule is Cc1ccc(-n2c(SCCCS(=O)(=O)c3ccccc3)nnc2N2CCCCC2)cc1. The first-order valence-electron chi connectivity index (χ1n) is 10.7. The Balaban J connectivity index is 1.49. The van der Waals surface area contributed by atoms with Crippen LogP contribution in [0.1, 0.15) is 31.2 Å². The van der Waals surface area contributed by atoms with E-state index < -0.39 is 9.84 Å². The summed E-state index contributed by atoms with van der Waals surface area (Å²) in [5.41, 5.74) is 2.24. The Morgan fingerprint density at radius 2 is 1.65 bits per heavy atom. The predicted molar refractivity (Wildman–Crippen MR) is 126 cm³/mol. The molecule has 0 saturated carbocycles. The van der Waals surface area contributed by atoms with Gasteiger partial charge in [0.15, 0.2) is 15.0 Å². The maximum atomic E-state index is 12.5. The second-order valence-electron chi connectivity index (χ2n) is 7.84. The summed E-state index contributed by atoms with van der Waals surface area (Å²) < 4.78 is 27.2. The molecule has 31 heavy (non-hydrogen) atoms. The maximum absolute atomic E-state index is 12.5. The van der Waals surface area contributed by atoms with Gasteiger partial charge in [0.2, 0.25) is 5.95 Å². The molecule has 0 N–H and O–H groups in total. The normalized spacial score (nSPS) is 14.7. The number of hydrogen-bond acceptors (Lipinski definition) is 6. The minimum atomic E-state index is -3.26. The van der Waals surface area contributed by atoms with Gasteiger partial charge in [-0.3, -0.25) is 4.57 Å². The Labute approximate surface area is 188 Å². The largest absolute Gasteiger partial charge is 0.341 e. The highest BCUT2D eigenvalue weighted by Crippen LogP contribution is 2.29. The Kier molecular flexibility index (Phi) is 6.97. The highest BCUT2D eigenvalue weighted by Gasteiger charge is 2.22. The van der Waals surface area contributed by atoms with Crippen molar-refractivity contribution in [1.82, 2.24) is 14.8 Å². The summed E-state index contributed by atoms with van der Waals surface area (Å²) >= 11 is 1.57. The quantitative estimate of drug-likeness (QED) is 0.367. The van der Waals surface area contributed by atoms with E-state index >= 15 is 0 Å². The Bertz CT molecular complexity index is 1090. The maximum Gasteiger partial charge on any atom is 0.232 e. The van der Waals surface area contributed by atoms with Gasteiger partial charge in [-0.05, 0) is 56.9 Å². The Morgan fingerprint density at radius 1 is 0.935 bits per heavy atom. The molecule has 164 valence electrons. The second kappa shape index (κ2) is 9.87. The van der Waals surface area contributed by atoms with Crippen LogP contribution in [-0.4, -0.2) is 47.8 Å². The highest BCUT2D eigenvalue weighted by atomic mass is 32.2. The summed E-state index contributed by atoms with van der Waals surface area (Å²) in [6, 6.07) is 17.0. The molecule has 6 nitrogen and oxygen atoms in total. The molecule has 0 amide bonds. The summed E-state index contributed by atoms with van der Waals surface area (Å²) in [4.78, 5) is 2.69. The minimum Gasteiger partial charge on any atom is -0.341 e. The summed E-state index contributed by atoms with van der Waals surface area (Å²) in [5, 5.41) is 9.79. The van der Waals surface area contributed by atoms with Crippen LogP contribution in [0.25, 0.3) is 5.69 Å². The molecule has 4 rings (SSSR count). The molecule has 1 aliphatic rings. The van der Waals surface area contributed by atoms with Gasteiger partial charge in [0, 0.05) is 18.8 Å². The van der Waals surface area contributed by atoms with Crippen molar-refractivity contribution in [1.29, 1.82) is 0 Å². The molecule has 1 saturated heterocycles. The van der Waals surface area contributed by atoms with Crippen LogP contribution in [0.15, 0.2) is 64.6 Å². The van der Waals surface area contributed by atoms with Gasteiger partial charge in [-0.15, -0.1) is 10.2 Å². The number of hydrogen-bond donors (Lipinski definition) is 0. The third-order valence-corrected chi connectivity index (χ3v) is 8.27. The lowest BCUT2D eigenvalue weighted by Gasteiger charge is -2.27. The second-order valence-corrected chi connectivity index (χ2v) is 11.0. The fraction of sp³-hybridized carbons (Fsp3) is 0.391. The van der Waals surface area contributed by atoms with Gasteiger partial charge in [-0.1, -0.05) is 47.7 Å². The van der Waals surface area contributed by atoms with Gasteiger partial charge in [0.05, 0.1) is 16.3 Å². The van der Waals surface area contributed by atoms with Crippen LogP contribution in [0.3, 0.4) is 0 Å². The van der Waals surface area contributed by atoms with E-state index in [0.29, 0.717) is 17.1 Å². The van der Waals surface area contributed by atoms with Crippen LogP contribution >= 0.6 is 11.8 Å². The molecule has 0 bridgehead atoms. The summed E-state index contributed by atoms with van der Waals surface area (Å²) in [7, 11) is -3.26. The van der Waals surface area contributed by atoms with Crippen molar-refractivity contribution >= 4 is 27.5 Å². The molecule has 0 radical (unpaired) electrons. The average Bonchev–Trinajstić information content (AvgIpc) is 3.22. The third kappa shape index (κ3) is 5.30. The van der Waals surface area contributed by atoms with Crippen molar-refractivity contribution < 1.29 is 8.42 Å². The summed E-state index contributed by atoms with van der Waals surface area (Å²) in [5.74, 6) is 1.67. The molecule has 2 aromatic carbocycles. The van der Waals surface area contributed by atoms with E-state index in [9.17, 15) is 8.42 Å². The van der Waals surface area contributed by atoms with Gasteiger partial charge < -0.3 is 4.90 Å². The van der Waals surface area contributed by atoms with Crippen LogP contribution in [0, 0.1) is 6.92 Å². The molecule has 2 heterocycles. The van der Waals surface area contributed by atoms with E-state index in [4.69, 9.17) is 0 Å². The zero-order chi connectivity index (χ0) is 21.7. The van der Waals surface area contributed by atoms with Gasteiger partial charge in [0.25, 0.3) is 0 Å². The number of sulfone groups is 1. The Morgan fingerprint density at radius 3 is 2.35 bits per heavy atom. The molecule has 0 spiro atoms. The molecular weight excluding hydrogens is 428 g/mol. The summed E-state index contributed by atoms with van der Waals surface area (Å²) in [6.07, 6.45) is 4.15. The zero-order valence-electron chi connectivity index (χ0n) is 17.8. The van der Waals surface area contributed by atoms with Crippen LogP contribution in [0.2, 0.25) is 0 Å². The lowest BCUT2D eigenvalue weighted by molar-refractivity contribution is 0.564. The van der Waals surface area contributed by atoms with Crippen LogP contribution in [0.4, 0.5) is 5.95 Å². The smallest absolute Gasteiger partial charge is 0.232 e. The number of nitrogens with zero attached hydrogens (tertiary/aromatic N) is 4. The van der Waals surface area contributed by atoms with Crippen molar-refractivity contribution in [3.05, 3.63) is 60.2 Å². The van der Waals surface area contributed by atoms with Crippen LogP contribution in [-0.2, 0) is 9.84 Å². The number of aryl methyl sites for hydroxylation is 1. The van der Waals surface area contributed by atoms with E-state index in [1.54, 1.807) is 36.0 Å². The monoisotopic (exact) mass is 456 g/mol. The minimum absolute atomic E-state index is 0.127. The van der Waals surface area contributed by atoms with E-state index in [-0.39, 0.29) is 5.75 Å². The number of rotatable bonds is 8. The number of benzene rings is 2. The first kappa shape index (κ1) is 21.9. The lowest BCUT2D eigenvalue weighted by atomic mass is 10.1. The third-order valence-electron chi connectivity index (χ3n) is 5.44. The number of thioether (sulfide) groups is 1. The molecule has 1 fully saturated rings.